The monoisotopic (exact) mass is 422 g/mol. The SMILES string of the molecule is CCOC(=O)C(C)Sc1nc(-c2ccc(Cl)cc2)cc(-c2ccccc2)c1C#N. The van der Waals surface area contributed by atoms with Crippen LogP contribution in [0, 0.1) is 11.3 Å². The number of pyridine rings is 1. The van der Waals surface area contributed by atoms with Crippen molar-refractivity contribution < 1.29 is 9.53 Å². The highest BCUT2D eigenvalue weighted by atomic mass is 35.5. The van der Waals surface area contributed by atoms with Crippen LogP contribution < -0.4 is 0 Å². The van der Waals surface area contributed by atoms with E-state index < -0.39 is 5.25 Å². The number of nitrogens with zero attached hydrogens (tertiary/aromatic N) is 2. The molecule has 0 N–H and O–H groups in total. The first-order chi connectivity index (χ1) is 14.0. The minimum Gasteiger partial charge on any atom is -0.465 e. The minimum atomic E-state index is -0.487. The van der Waals surface area contributed by atoms with Crippen LogP contribution in [0.25, 0.3) is 22.4 Å². The van der Waals surface area contributed by atoms with E-state index in [-0.39, 0.29) is 5.97 Å². The van der Waals surface area contributed by atoms with Crippen LogP contribution in [-0.2, 0) is 9.53 Å². The molecule has 0 aliphatic carbocycles. The van der Waals surface area contributed by atoms with Crippen molar-refractivity contribution in [3.8, 4) is 28.5 Å². The molecule has 29 heavy (non-hydrogen) atoms. The Hall–Kier alpha value is -2.81. The van der Waals surface area contributed by atoms with Crippen LogP contribution in [0.15, 0.2) is 65.7 Å². The summed E-state index contributed by atoms with van der Waals surface area (Å²) in [6.45, 7) is 3.83. The molecule has 0 saturated heterocycles. The number of esters is 1. The van der Waals surface area contributed by atoms with Gasteiger partial charge in [-0.1, -0.05) is 65.8 Å². The lowest BCUT2D eigenvalue weighted by atomic mass is 9.99. The van der Waals surface area contributed by atoms with Crippen molar-refractivity contribution in [2.45, 2.75) is 24.1 Å². The molecule has 0 radical (unpaired) electrons. The molecule has 1 aromatic heterocycles. The quantitative estimate of drug-likeness (QED) is 0.361. The second kappa shape index (κ2) is 9.60. The van der Waals surface area contributed by atoms with Gasteiger partial charge in [-0.25, -0.2) is 4.98 Å². The Labute approximate surface area is 179 Å². The topological polar surface area (TPSA) is 63.0 Å². The van der Waals surface area contributed by atoms with Crippen LogP contribution in [-0.4, -0.2) is 22.8 Å². The van der Waals surface area contributed by atoms with Crippen molar-refractivity contribution in [2.75, 3.05) is 6.61 Å². The number of carbonyl (C=O) groups excluding carboxylic acids is 1. The van der Waals surface area contributed by atoms with E-state index in [1.54, 1.807) is 26.0 Å². The summed E-state index contributed by atoms with van der Waals surface area (Å²) in [7, 11) is 0. The van der Waals surface area contributed by atoms with Gasteiger partial charge < -0.3 is 4.74 Å². The van der Waals surface area contributed by atoms with E-state index in [1.807, 2.05) is 48.5 Å². The highest BCUT2D eigenvalue weighted by molar-refractivity contribution is 8.00. The third kappa shape index (κ3) is 4.97. The maximum absolute atomic E-state index is 12.1. The zero-order chi connectivity index (χ0) is 20.8. The number of nitriles is 1. The molecule has 0 bridgehead atoms. The molecule has 1 heterocycles. The second-order valence-electron chi connectivity index (χ2n) is 6.23. The zero-order valence-corrected chi connectivity index (χ0v) is 17.6. The molecule has 3 rings (SSSR count). The number of hydrogen-bond acceptors (Lipinski definition) is 5. The first-order valence-corrected chi connectivity index (χ1v) is 10.4. The smallest absolute Gasteiger partial charge is 0.319 e. The summed E-state index contributed by atoms with van der Waals surface area (Å²) >= 11 is 7.25. The zero-order valence-electron chi connectivity index (χ0n) is 16.1. The molecule has 0 aliphatic rings. The standard InChI is InChI=1S/C23H19ClN2O2S/c1-3-28-23(27)15(2)29-22-20(14-25)19(16-7-5-4-6-8-16)13-21(26-22)17-9-11-18(24)12-10-17/h4-13,15H,3H2,1-2H3. The number of rotatable bonds is 6. The summed E-state index contributed by atoms with van der Waals surface area (Å²) in [4.78, 5) is 16.8. The fraction of sp³-hybridized carbons (Fsp3) is 0.174. The molecule has 3 aromatic rings. The van der Waals surface area contributed by atoms with Crippen molar-refractivity contribution in [3.05, 3.63) is 71.2 Å². The van der Waals surface area contributed by atoms with Gasteiger partial charge in [-0.15, -0.1) is 0 Å². The molecule has 0 fully saturated rings. The minimum absolute atomic E-state index is 0.308. The first kappa shape index (κ1) is 20.9. The van der Waals surface area contributed by atoms with Crippen molar-refractivity contribution in [1.82, 2.24) is 4.98 Å². The van der Waals surface area contributed by atoms with Gasteiger partial charge in [0, 0.05) is 16.1 Å². The van der Waals surface area contributed by atoms with Crippen molar-refractivity contribution in [2.24, 2.45) is 0 Å². The molecule has 0 aliphatic heterocycles. The Kier molecular flexibility index (Phi) is 6.92. The van der Waals surface area contributed by atoms with E-state index in [2.05, 4.69) is 6.07 Å². The molecule has 0 amide bonds. The van der Waals surface area contributed by atoms with Gasteiger partial charge in [-0.3, -0.25) is 4.79 Å². The van der Waals surface area contributed by atoms with E-state index in [0.717, 1.165) is 16.7 Å². The fourth-order valence-corrected chi connectivity index (χ4v) is 3.85. The summed E-state index contributed by atoms with van der Waals surface area (Å²) in [6, 6.07) is 21.2. The summed E-state index contributed by atoms with van der Waals surface area (Å²) in [5.74, 6) is -0.332. The third-order valence-electron chi connectivity index (χ3n) is 4.23. The van der Waals surface area contributed by atoms with Crippen LogP contribution in [0.5, 0.6) is 0 Å². The molecule has 4 nitrogen and oxygen atoms in total. The number of benzene rings is 2. The molecule has 2 aromatic carbocycles. The Morgan fingerprint density at radius 2 is 1.86 bits per heavy atom. The number of carbonyl (C=O) groups is 1. The molecule has 146 valence electrons. The second-order valence-corrected chi connectivity index (χ2v) is 8.00. The Balaban J connectivity index is 2.15. The average Bonchev–Trinajstić information content (AvgIpc) is 2.74. The molecular formula is C23H19ClN2O2S. The number of thioether (sulfide) groups is 1. The van der Waals surface area contributed by atoms with Crippen molar-refractivity contribution in [3.63, 3.8) is 0 Å². The van der Waals surface area contributed by atoms with E-state index >= 15 is 0 Å². The maximum atomic E-state index is 12.1. The summed E-state index contributed by atoms with van der Waals surface area (Å²) < 4.78 is 5.11. The molecule has 1 unspecified atom stereocenters. The molecule has 6 heteroatoms. The average molecular weight is 423 g/mol. The molecular weight excluding hydrogens is 404 g/mol. The molecule has 0 saturated carbocycles. The lowest BCUT2D eigenvalue weighted by Gasteiger charge is -2.15. The Morgan fingerprint density at radius 1 is 1.17 bits per heavy atom. The van der Waals surface area contributed by atoms with Crippen molar-refractivity contribution in [1.29, 1.82) is 5.26 Å². The number of ether oxygens (including phenoxy) is 1. The van der Waals surface area contributed by atoms with Crippen LogP contribution >= 0.6 is 23.4 Å². The lowest BCUT2D eigenvalue weighted by molar-refractivity contribution is -0.142. The molecule has 0 spiro atoms. The van der Waals surface area contributed by atoms with Gasteiger partial charge in [-0.2, -0.15) is 5.26 Å². The summed E-state index contributed by atoms with van der Waals surface area (Å²) in [5.41, 5.74) is 3.70. The van der Waals surface area contributed by atoms with Gasteiger partial charge in [0.05, 0.1) is 17.9 Å². The summed E-state index contributed by atoms with van der Waals surface area (Å²) in [5, 5.41) is 10.5. The Bertz CT molecular complexity index is 1050. The largest absolute Gasteiger partial charge is 0.465 e. The van der Waals surface area contributed by atoms with E-state index in [0.29, 0.717) is 27.9 Å². The van der Waals surface area contributed by atoms with Crippen molar-refractivity contribution >= 4 is 29.3 Å². The fourth-order valence-electron chi connectivity index (χ4n) is 2.80. The predicted molar refractivity (Wildman–Crippen MR) is 117 cm³/mol. The van der Waals surface area contributed by atoms with Gasteiger partial charge in [0.2, 0.25) is 0 Å². The van der Waals surface area contributed by atoms with Crippen LogP contribution in [0.4, 0.5) is 0 Å². The van der Waals surface area contributed by atoms with E-state index in [9.17, 15) is 10.1 Å². The maximum Gasteiger partial charge on any atom is 0.319 e. The lowest BCUT2D eigenvalue weighted by Crippen LogP contribution is -2.17. The van der Waals surface area contributed by atoms with Gasteiger partial charge in [0.25, 0.3) is 0 Å². The van der Waals surface area contributed by atoms with Gasteiger partial charge >= 0.3 is 5.97 Å². The van der Waals surface area contributed by atoms with Crippen LogP contribution in [0.2, 0.25) is 5.02 Å². The highest BCUT2D eigenvalue weighted by Gasteiger charge is 2.22. The summed E-state index contributed by atoms with van der Waals surface area (Å²) in [6.07, 6.45) is 0. The third-order valence-corrected chi connectivity index (χ3v) is 5.55. The van der Waals surface area contributed by atoms with Gasteiger partial charge in [0.1, 0.15) is 16.3 Å². The van der Waals surface area contributed by atoms with E-state index in [1.165, 1.54) is 11.8 Å². The highest BCUT2D eigenvalue weighted by Crippen LogP contribution is 2.36. The number of aromatic nitrogens is 1. The number of halogens is 1. The van der Waals surface area contributed by atoms with Gasteiger partial charge in [0.15, 0.2) is 0 Å². The molecule has 1 atom stereocenters. The van der Waals surface area contributed by atoms with E-state index in [4.69, 9.17) is 21.3 Å². The van der Waals surface area contributed by atoms with Gasteiger partial charge in [-0.05, 0) is 37.6 Å². The predicted octanol–water partition coefficient (Wildman–Crippen LogP) is 5.98. The van der Waals surface area contributed by atoms with Crippen LogP contribution in [0.1, 0.15) is 19.4 Å². The number of hydrogen-bond donors (Lipinski definition) is 0. The Morgan fingerprint density at radius 3 is 2.48 bits per heavy atom. The normalized spacial score (nSPS) is 11.5. The first-order valence-electron chi connectivity index (χ1n) is 9.13. The van der Waals surface area contributed by atoms with Crippen LogP contribution in [0.3, 0.4) is 0 Å².